The van der Waals surface area contributed by atoms with Crippen molar-refractivity contribution in [3.8, 4) is 0 Å². The van der Waals surface area contributed by atoms with Crippen molar-refractivity contribution in [2.45, 2.75) is 45.0 Å². The standard InChI is InChI=1S/C21H29NOSi/c1-21(2)14-19(22-16-21)20(23)15-24(3,17-10-6-4-7-11-17)18-12-8-5-9-13-18/h4-13,19-20,22-23H,14-16H2,1-3H3/t19-,20+/m0/s1. The molecule has 0 spiro atoms. The number of benzene rings is 2. The van der Waals surface area contributed by atoms with E-state index in [9.17, 15) is 5.11 Å². The van der Waals surface area contributed by atoms with Gasteiger partial charge in [-0.2, -0.15) is 0 Å². The van der Waals surface area contributed by atoms with Crippen LogP contribution in [0.3, 0.4) is 0 Å². The minimum atomic E-state index is -1.97. The third-order valence-corrected chi connectivity index (χ3v) is 9.97. The molecule has 24 heavy (non-hydrogen) atoms. The van der Waals surface area contributed by atoms with Gasteiger partial charge in [-0.3, -0.25) is 0 Å². The molecule has 3 heteroatoms. The zero-order chi connectivity index (χ0) is 17.2. The normalized spacial score (nSPS) is 21.6. The minimum Gasteiger partial charge on any atom is -0.392 e. The van der Waals surface area contributed by atoms with E-state index in [4.69, 9.17) is 0 Å². The second-order valence-electron chi connectivity index (χ2n) is 8.19. The SMILES string of the molecule is CC1(C)CN[C@H]([C@H](O)C[Si](C)(c2ccccc2)c2ccccc2)C1. The topological polar surface area (TPSA) is 32.3 Å². The van der Waals surface area contributed by atoms with E-state index in [1.807, 2.05) is 0 Å². The largest absolute Gasteiger partial charge is 0.392 e. The van der Waals surface area contributed by atoms with Crippen LogP contribution in [-0.2, 0) is 0 Å². The maximum absolute atomic E-state index is 11.0. The Morgan fingerprint density at radius 1 is 1.04 bits per heavy atom. The first kappa shape index (κ1) is 17.4. The van der Waals surface area contributed by atoms with Crippen molar-refractivity contribution in [2.75, 3.05) is 6.54 Å². The predicted molar refractivity (Wildman–Crippen MR) is 105 cm³/mol. The molecule has 2 atom stereocenters. The van der Waals surface area contributed by atoms with Crippen molar-refractivity contribution in [1.29, 1.82) is 0 Å². The molecule has 1 aliphatic rings. The number of hydrogen-bond acceptors (Lipinski definition) is 2. The molecule has 1 saturated heterocycles. The molecule has 2 nitrogen and oxygen atoms in total. The van der Waals surface area contributed by atoms with Gasteiger partial charge in [0.1, 0.15) is 8.07 Å². The molecule has 0 radical (unpaired) electrons. The lowest BCUT2D eigenvalue weighted by Crippen LogP contribution is -2.58. The fourth-order valence-corrected chi connectivity index (χ4v) is 7.78. The summed E-state index contributed by atoms with van der Waals surface area (Å²) in [5, 5.41) is 17.3. The van der Waals surface area contributed by atoms with Crippen LogP contribution >= 0.6 is 0 Å². The van der Waals surface area contributed by atoms with Crippen molar-refractivity contribution >= 4 is 18.4 Å². The highest BCUT2D eigenvalue weighted by Gasteiger charge is 2.40. The van der Waals surface area contributed by atoms with Gasteiger partial charge in [-0.1, -0.05) is 91.4 Å². The van der Waals surface area contributed by atoms with E-state index >= 15 is 0 Å². The van der Waals surface area contributed by atoms with E-state index < -0.39 is 8.07 Å². The molecule has 1 fully saturated rings. The van der Waals surface area contributed by atoms with Crippen molar-refractivity contribution in [1.82, 2.24) is 5.32 Å². The molecule has 2 N–H and O–H groups in total. The zero-order valence-corrected chi connectivity index (χ0v) is 16.0. The highest BCUT2D eigenvalue weighted by Crippen LogP contribution is 2.30. The summed E-state index contributed by atoms with van der Waals surface area (Å²) in [6.45, 7) is 7.93. The van der Waals surface area contributed by atoms with Gasteiger partial charge in [0.15, 0.2) is 0 Å². The molecular weight excluding hydrogens is 310 g/mol. The fourth-order valence-electron chi connectivity index (χ4n) is 3.99. The lowest BCUT2D eigenvalue weighted by atomic mass is 9.89. The Bertz CT molecular complexity index is 617. The summed E-state index contributed by atoms with van der Waals surface area (Å²) in [6, 6.07) is 22.6. The first-order chi connectivity index (χ1) is 11.4. The van der Waals surface area contributed by atoms with Gasteiger partial charge < -0.3 is 10.4 Å². The Labute approximate surface area is 146 Å². The average molecular weight is 340 g/mol. The lowest BCUT2D eigenvalue weighted by Gasteiger charge is -2.33. The molecule has 2 aromatic carbocycles. The first-order valence-electron chi connectivity index (χ1n) is 8.93. The maximum Gasteiger partial charge on any atom is 0.117 e. The van der Waals surface area contributed by atoms with Gasteiger partial charge in [-0.15, -0.1) is 0 Å². The number of aliphatic hydroxyl groups excluding tert-OH is 1. The van der Waals surface area contributed by atoms with Crippen molar-refractivity contribution in [3.05, 3.63) is 60.7 Å². The Morgan fingerprint density at radius 3 is 1.96 bits per heavy atom. The summed E-state index contributed by atoms with van der Waals surface area (Å²) in [6.07, 6.45) is 0.742. The Morgan fingerprint density at radius 2 is 1.54 bits per heavy atom. The second kappa shape index (κ2) is 6.83. The Balaban J connectivity index is 1.89. The van der Waals surface area contributed by atoms with Crippen LogP contribution in [0.15, 0.2) is 60.7 Å². The molecule has 0 aromatic heterocycles. The zero-order valence-electron chi connectivity index (χ0n) is 15.0. The van der Waals surface area contributed by atoms with Crippen LogP contribution in [0.1, 0.15) is 20.3 Å². The minimum absolute atomic E-state index is 0.208. The van der Waals surface area contributed by atoms with Gasteiger partial charge in [0.2, 0.25) is 0 Å². The molecule has 0 aliphatic carbocycles. The molecule has 128 valence electrons. The molecular formula is C21H29NOSi. The van der Waals surface area contributed by atoms with E-state index in [1.165, 1.54) is 10.4 Å². The molecule has 3 rings (SSSR count). The summed E-state index contributed by atoms with van der Waals surface area (Å²) in [4.78, 5) is 0. The molecule has 0 bridgehead atoms. The van der Waals surface area contributed by atoms with Crippen molar-refractivity contribution < 1.29 is 5.11 Å². The van der Waals surface area contributed by atoms with Gasteiger partial charge in [0.25, 0.3) is 0 Å². The number of hydrogen-bond donors (Lipinski definition) is 2. The van der Waals surface area contributed by atoms with Crippen LogP contribution in [0, 0.1) is 5.41 Å². The van der Waals surface area contributed by atoms with Crippen molar-refractivity contribution in [3.63, 3.8) is 0 Å². The van der Waals surface area contributed by atoms with E-state index in [1.54, 1.807) is 0 Å². The van der Waals surface area contributed by atoms with Crippen LogP contribution in [0.4, 0.5) is 0 Å². The summed E-state index contributed by atoms with van der Waals surface area (Å²) in [5.74, 6) is 0. The monoisotopic (exact) mass is 339 g/mol. The second-order valence-corrected chi connectivity index (χ2v) is 12.4. The molecule has 1 heterocycles. The van der Waals surface area contributed by atoms with Crippen LogP contribution in [0.2, 0.25) is 12.6 Å². The summed E-state index contributed by atoms with van der Waals surface area (Å²) in [7, 11) is -1.97. The molecule has 2 aromatic rings. The molecule has 0 unspecified atom stereocenters. The average Bonchev–Trinajstić information content (AvgIpc) is 2.96. The highest BCUT2D eigenvalue weighted by molar-refractivity contribution is 7.01. The van der Waals surface area contributed by atoms with E-state index in [0.29, 0.717) is 0 Å². The van der Waals surface area contributed by atoms with Gasteiger partial charge >= 0.3 is 0 Å². The van der Waals surface area contributed by atoms with E-state index in [2.05, 4.69) is 86.4 Å². The van der Waals surface area contributed by atoms with Crippen LogP contribution in [-0.4, -0.2) is 31.9 Å². The number of nitrogens with one attached hydrogen (secondary N) is 1. The van der Waals surface area contributed by atoms with Gasteiger partial charge in [-0.05, 0) is 17.9 Å². The summed E-state index contributed by atoms with van der Waals surface area (Å²) in [5.41, 5.74) is 0.281. The molecule has 0 saturated carbocycles. The third kappa shape index (κ3) is 3.64. The van der Waals surface area contributed by atoms with E-state index in [0.717, 1.165) is 19.0 Å². The highest BCUT2D eigenvalue weighted by atomic mass is 28.3. The van der Waals surface area contributed by atoms with Crippen LogP contribution < -0.4 is 15.7 Å². The Kier molecular flexibility index (Phi) is 4.95. The Hall–Kier alpha value is -1.42. The maximum atomic E-state index is 11.0. The molecule has 1 aliphatic heterocycles. The first-order valence-corrected chi connectivity index (χ1v) is 11.6. The van der Waals surface area contributed by atoms with Crippen LogP contribution in [0.25, 0.3) is 0 Å². The number of rotatable bonds is 5. The quantitative estimate of drug-likeness (QED) is 0.821. The van der Waals surface area contributed by atoms with Gasteiger partial charge in [-0.25, -0.2) is 0 Å². The van der Waals surface area contributed by atoms with Crippen LogP contribution in [0.5, 0.6) is 0 Å². The molecule has 0 amide bonds. The summed E-state index contributed by atoms with van der Waals surface area (Å²) >= 11 is 0. The predicted octanol–water partition coefficient (Wildman–Crippen LogP) is 2.63. The third-order valence-electron chi connectivity index (χ3n) is 5.52. The lowest BCUT2D eigenvalue weighted by molar-refractivity contribution is 0.148. The smallest absolute Gasteiger partial charge is 0.117 e. The number of aliphatic hydroxyl groups is 1. The van der Waals surface area contributed by atoms with Crippen molar-refractivity contribution in [2.24, 2.45) is 5.41 Å². The van der Waals surface area contributed by atoms with Gasteiger partial charge in [0.05, 0.1) is 6.10 Å². The van der Waals surface area contributed by atoms with Gasteiger partial charge in [0, 0.05) is 12.6 Å². The fraction of sp³-hybridized carbons (Fsp3) is 0.429. The summed E-state index contributed by atoms with van der Waals surface area (Å²) < 4.78 is 0. The van der Waals surface area contributed by atoms with E-state index in [-0.39, 0.29) is 17.6 Å².